The van der Waals surface area contributed by atoms with Gasteiger partial charge in [0.2, 0.25) is 0 Å². The van der Waals surface area contributed by atoms with E-state index in [9.17, 15) is 4.39 Å². The van der Waals surface area contributed by atoms with Crippen molar-refractivity contribution in [1.29, 1.82) is 0 Å². The van der Waals surface area contributed by atoms with E-state index >= 15 is 0 Å². The third kappa shape index (κ3) is 4.33. The van der Waals surface area contributed by atoms with Gasteiger partial charge in [0.25, 0.3) is 0 Å². The largest absolute Gasteiger partial charge is 0.489 e. The molecule has 4 heteroatoms. The number of rotatable bonds is 5. The van der Waals surface area contributed by atoms with Gasteiger partial charge in [0.1, 0.15) is 18.2 Å². The number of hydrogen-bond donors (Lipinski definition) is 1. The number of ether oxygens (including phenoxy) is 1. The summed E-state index contributed by atoms with van der Waals surface area (Å²) in [6.07, 6.45) is 0.636. The molecule has 0 aliphatic heterocycles. The first-order chi connectivity index (χ1) is 9.17. The lowest BCUT2D eigenvalue weighted by atomic mass is 10.1. The Labute approximate surface area is 120 Å². The van der Waals surface area contributed by atoms with E-state index in [2.05, 4.69) is 15.9 Å². The molecule has 0 aromatic heterocycles. The third-order valence-corrected chi connectivity index (χ3v) is 3.11. The SMILES string of the molecule is OCCc1ccc(OCc2cc(F)cc(Br)c2)cc1. The Morgan fingerprint density at radius 1 is 1.05 bits per heavy atom. The monoisotopic (exact) mass is 324 g/mol. The number of hydrogen-bond acceptors (Lipinski definition) is 2. The summed E-state index contributed by atoms with van der Waals surface area (Å²) in [5.74, 6) is 0.438. The molecule has 0 atom stereocenters. The van der Waals surface area contributed by atoms with E-state index in [1.54, 1.807) is 0 Å². The molecule has 0 heterocycles. The van der Waals surface area contributed by atoms with Crippen LogP contribution in [0.25, 0.3) is 0 Å². The Hall–Kier alpha value is -1.39. The highest BCUT2D eigenvalue weighted by molar-refractivity contribution is 9.10. The first kappa shape index (κ1) is 14.0. The van der Waals surface area contributed by atoms with Gasteiger partial charge in [-0.1, -0.05) is 28.1 Å². The molecule has 2 rings (SSSR count). The fourth-order valence-corrected chi connectivity index (χ4v) is 2.26. The number of halogens is 2. The maximum Gasteiger partial charge on any atom is 0.124 e. The van der Waals surface area contributed by atoms with Gasteiger partial charge in [0.05, 0.1) is 0 Å². The molecule has 1 N–H and O–H groups in total. The van der Waals surface area contributed by atoms with Crippen LogP contribution in [0.4, 0.5) is 4.39 Å². The minimum Gasteiger partial charge on any atom is -0.489 e. The predicted octanol–water partition coefficient (Wildman–Crippen LogP) is 3.70. The van der Waals surface area contributed by atoms with Crippen LogP contribution in [0, 0.1) is 5.82 Å². The van der Waals surface area contributed by atoms with Crippen molar-refractivity contribution in [2.45, 2.75) is 13.0 Å². The van der Waals surface area contributed by atoms with Crippen molar-refractivity contribution >= 4 is 15.9 Å². The third-order valence-electron chi connectivity index (χ3n) is 2.65. The molecule has 2 aromatic carbocycles. The molecule has 0 bridgehead atoms. The number of benzene rings is 2. The van der Waals surface area contributed by atoms with Crippen molar-refractivity contribution in [3.63, 3.8) is 0 Å². The predicted molar refractivity (Wildman–Crippen MR) is 75.7 cm³/mol. The van der Waals surface area contributed by atoms with Gasteiger partial charge in [-0.05, 0) is 47.9 Å². The first-order valence-corrected chi connectivity index (χ1v) is 6.74. The van der Waals surface area contributed by atoms with E-state index < -0.39 is 0 Å². The summed E-state index contributed by atoms with van der Waals surface area (Å²) in [7, 11) is 0. The minimum atomic E-state index is -0.286. The van der Waals surface area contributed by atoms with Gasteiger partial charge >= 0.3 is 0 Å². The van der Waals surface area contributed by atoms with Crippen LogP contribution in [0.1, 0.15) is 11.1 Å². The fraction of sp³-hybridized carbons (Fsp3) is 0.200. The number of aliphatic hydroxyl groups excluding tert-OH is 1. The fourth-order valence-electron chi connectivity index (χ4n) is 1.74. The molecule has 0 radical (unpaired) electrons. The molecule has 2 nitrogen and oxygen atoms in total. The zero-order chi connectivity index (χ0) is 13.7. The summed E-state index contributed by atoms with van der Waals surface area (Å²) in [6, 6.07) is 12.2. The lowest BCUT2D eigenvalue weighted by molar-refractivity contribution is 0.298. The summed E-state index contributed by atoms with van der Waals surface area (Å²) >= 11 is 3.25. The second-order valence-electron chi connectivity index (χ2n) is 4.18. The van der Waals surface area contributed by atoms with E-state index in [1.165, 1.54) is 12.1 Å². The Morgan fingerprint density at radius 3 is 2.42 bits per heavy atom. The summed E-state index contributed by atoms with van der Waals surface area (Å²) in [5, 5.41) is 8.82. The van der Waals surface area contributed by atoms with Gasteiger partial charge in [0.15, 0.2) is 0 Å². The normalized spacial score (nSPS) is 10.5. The van der Waals surface area contributed by atoms with Crippen LogP contribution in [0.5, 0.6) is 5.75 Å². The lowest BCUT2D eigenvalue weighted by Gasteiger charge is -2.07. The molecule has 0 saturated heterocycles. The highest BCUT2D eigenvalue weighted by Gasteiger charge is 2.01. The topological polar surface area (TPSA) is 29.5 Å². The Bertz CT molecular complexity index is 520. The average Bonchev–Trinajstić information content (AvgIpc) is 2.37. The van der Waals surface area contributed by atoms with Crippen LogP contribution in [0.15, 0.2) is 46.9 Å². The molecular formula is C15H14BrFO2. The van der Waals surface area contributed by atoms with Crippen molar-refractivity contribution in [3.8, 4) is 5.75 Å². The summed E-state index contributed by atoms with van der Waals surface area (Å²) in [6.45, 7) is 0.452. The van der Waals surface area contributed by atoms with Gasteiger partial charge in [-0.2, -0.15) is 0 Å². The van der Waals surface area contributed by atoms with Gasteiger partial charge in [-0.15, -0.1) is 0 Å². The van der Waals surface area contributed by atoms with E-state index in [0.29, 0.717) is 17.5 Å². The number of aliphatic hydroxyl groups is 1. The highest BCUT2D eigenvalue weighted by atomic mass is 79.9. The quantitative estimate of drug-likeness (QED) is 0.908. The molecule has 19 heavy (non-hydrogen) atoms. The Morgan fingerprint density at radius 2 is 1.79 bits per heavy atom. The smallest absolute Gasteiger partial charge is 0.124 e. The van der Waals surface area contributed by atoms with Gasteiger partial charge in [-0.3, -0.25) is 0 Å². The standard InChI is InChI=1S/C15H14BrFO2/c16-13-7-12(8-14(17)9-13)10-19-15-3-1-11(2-4-15)5-6-18/h1-4,7-9,18H,5-6,10H2. The first-order valence-electron chi connectivity index (χ1n) is 5.95. The molecule has 0 amide bonds. The summed E-state index contributed by atoms with van der Waals surface area (Å²) < 4.78 is 19.5. The van der Waals surface area contributed by atoms with Crippen molar-refractivity contribution in [1.82, 2.24) is 0 Å². The van der Waals surface area contributed by atoms with Gasteiger partial charge in [0, 0.05) is 11.1 Å². The van der Waals surface area contributed by atoms with Crippen LogP contribution >= 0.6 is 15.9 Å². The van der Waals surface area contributed by atoms with Gasteiger partial charge in [-0.25, -0.2) is 4.39 Å². The summed E-state index contributed by atoms with van der Waals surface area (Å²) in [4.78, 5) is 0. The van der Waals surface area contributed by atoms with Crippen molar-refractivity contribution in [2.75, 3.05) is 6.61 Å². The molecule has 100 valence electrons. The molecule has 0 fully saturated rings. The van der Waals surface area contributed by atoms with Crippen LogP contribution in [-0.4, -0.2) is 11.7 Å². The van der Waals surface area contributed by atoms with Crippen LogP contribution in [0.2, 0.25) is 0 Å². The second-order valence-corrected chi connectivity index (χ2v) is 5.10. The maximum absolute atomic E-state index is 13.2. The molecule has 2 aromatic rings. The molecular weight excluding hydrogens is 311 g/mol. The molecule has 0 saturated carbocycles. The van der Waals surface area contributed by atoms with E-state index in [1.807, 2.05) is 30.3 Å². The molecule has 0 aliphatic rings. The van der Waals surface area contributed by atoms with E-state index in [0.717, 1.165) is 16.9 Å². The van der Waals surface area contributed by atoms with Gasteiger partial charge < -0.3 is 9.84 Å². The lowest BCUT2D eigenvalue weighted by Crippen LogP contribution is -1.97. The van der Waals surface area contributed by atoms with Crippen LogP contribution in [-0.2, 0) is 13.0 Å². The minimum absolute atomic E-state index is 0.136. The molecule has 0 spiro atoms. The second kappa shape index (κ2) is 6.68. The zero-order valence-electron chi connectivity index (χ0n) is 10.3. The Balaban J connectivity index is 1.98. The van der Waals surface area contributed by atoms with Crippen molar-refractivity contribution in [2.24, 2.45) is 0 Å². The van der Waals surface area contributed by atoms with Crippen LogP contribution < -0.4 is 4.74 Å². The molecule has 0 aliphatic carbocycles. The van der Waals surface area contributed by atoms with Crippen molar-refractivity contribution in [3.05, 3.63) is 63.9 Å². The van der Waals surface area contributed by atoms with E-state index in [4.69, 9.17) is 9.84 Å². The van der Waals surface area contributed by atoms with Crippen LogP contribution in [0.3, 0.4) is 0 Å². The van der Waals surface area contributed by atoms with E-state index in [-0.39, 0.29) is 12.4 Å². The maximum atomic E-state index is 13.2. The zero-order valence-corrected chi connectivity index (χ0v) is 11.9. The highest BCUT2D eigenvalue weighted by Crippen LogP contribution is 2.18. The average molecular weight is 325 g/mol. The molecule has 0 unspecified atom stereocenters. The Kier molecular flexibility index (Phi) is 4.93. The summed E-state index contributed by atoms with van der Waals surface area (Å²) in [5.41, 5.74) is 1.83. The van der Waals surface area contributed by atoms with Crippen molar-refractivity contribution < 1.29 is 14.2 Å².